The molecular weight excluding hydrogens is 482 g/mol. The monoisotopic (exact) mass is 515 g/mol. The van der Waals surface area contributed by atoms with E-state index in [9.17, 15) is 19.5 Å². The van der Waals surface area contributed by atoms with E-state index in [0.29, 0.717) is 19.5 Å². The number of nitrogens with one attached hydrogen (secondary N) is 1. The zero-order valence-corrected chi connectivity index (χ0v) is 21.7. The number of hydrogen-bond donors (Lipinski definition) is 2. The van der Waals surface area contributed by atoms with E-state index >= 15 is 0 Å². The molecule has 38 heavy (non-hydrogen) atoms. The van der Waals surface area contributed by atoms with Crippen LogP contribution in [0.1, 0.15) is 24.5 Å². The Labute approximate surface area is 222 Å². The molecule has 4 amide bonds. The van der Waals surface area contributed by atoms with Gasteiger partial charge in [0.1, 0.15) is 18.0 Å². The second kappa shape index (κ2) is 10.7. The Morgan fingerprint density at radius 2 is 1.79 bits per heavy atom. The minimum Gasteiger partial charge on any atom is -0.508 e. The van der Waals surface area contributed by atoms with Crippen LogP contribution in [0.3, 0.4) is 0 Å². The number of benzene rings is 3. The molecule has 0 radical (unpaired) electrons. The molecule has 0 spiro atoms. The third-order valence-corrected chi connectivity index (χ3v) is 7.37. The van der Waals surface area contributed by atoms with Crippen LogP contribution in [0.25, 0.3) is 10.8 Å². The fourth-order valence-corrected chi connectivity index (χ4v) is 5.57. The van der Waals surface area contributed by atoms with Gasteiger partial charge in [-0.3, -0.25) is 14.6 Å². The Kier molecular flexibility index (Phi) is 7.20. The molecule has 2 saturated heterocycles. The van der Waals surface area contributed by atoms with Crippen LogP contribution in [0.5, 0.6) is 5.75 Å². The number of urea groups is 1. The van der Waals surface area contributed by atoms with Crippen molar-refractivity contribution in [3.63, 3.8) is 0 Å². The number of piperazine rings is 1. The van der Waals surface area contributed by atoms with Crippen molar-refractivity contribution in [2.45, 2.75) is 38.5 Å². The zero-order chi connectivity index (χ0) is 26.8. The highest BCUT2D eigenvalue weighted by Gasteiger charge is 2.52. The van der Waals surface area contributed by atoms with E-state index in [1.165, 1.54) is 0 Å². The highest BCUT2D eigenvalue weighted by molar-refractivity contribution is 5.92. The summed E-state index contributed by atoms with van der Waals surface area (Å²) >= 11 is 0. The first kappa shape index (κ1) is 25.5. The van der Waals surface area contributed by atoms with Gasteiger partial charge >= 0.3 is 6.03 Å². The van der Waals surface area contributed by atoms with Crippen molar-refractivity contribution in [3.05, 3.63) is 77.9 Å². The summed E-state index contributed by atoms with van der Waals surface area (Å²) in [6.45, 7) is 3.15. The smallest absolute Gasteiger partial charge is 0.331 e. The molecule has 0 unspecified atom stereocenters. The van der Waals surface area contributed by atoms with Crippen molar-refractivity contribution in [2.75, 3.05) is 26.7 Å². The lowest BCUT2D eigenvalue weighted by molar-refractivity contribution is -0.157. The fourth-order valence-electron chi connectivity index (χ4n) is 5.57. The zero-order valence-electron chi connectivity index (χ0n) is 21.7. The van der Waals surface area contributed by atoms with Gasteiger partial charge < -0.3 is 20.2 Å². The number of hydrogen-bond acceptors (Lipinski definition) is 5. The molecule has 2 heterocycles. The average molecular weight is 516 g/mol. The number of carbonyl (C=O) groups is 3. The first-order chi connectivity index (χ1) is 18.4. The van der Waals surface area contributed by atoms with Gasteiger partial charge in [0.2, 0.25) is 11.8 Å². The topological polar surface area (TPSA) is 96.4 Å². The highest BCUT2D eigenvalue weighted by Crippen LogP contribution is 2.31. The minimum absolute atomic E-state index is 0.0273. The van der Waals surface area contributed by atoms with E-state index in [4.69, 9.17) is 0 Å². The number of nitrogens with zero attached hydrogens (tertiary/aromatic N) is 4. The summed E-state index contributed by atoms with van der Waals surface area (Å²) in [5, 5.41) is 18.0. The van der Waals surface area contributed by atoms with E-state index in [0.717, 1.165) is 28.3 Å². The SMILES string of the molecule is CCCN(C(=O)NC)N1CC(=O)N2[C@@H](Cc3ccc(O)cc3)C(=O)N(Cc3cccc4ccccc34)C[C@@H]21. The van der Waals surface area contributed by atoms with Gasteiger partial charge in [0, 0.05) is 26.6 Å². The Balaban J connectivity index is 1.52. The molecule has 0 aliphatic carbocycles. The predicted octanol–water partition coefficient (Wildman–Crippen LogP) is 2.94. The van der Waals surface area contributed by atoms with Crippen LogP contribution in [-0.4, -0.2) is 81.7 Å². The third kappa shape index (κ3) is 4.77. The quantitative estimate of drug-likeness (QED) is 0.505. The molecule has 3 aromatic rings. The number of phenolic OH excluding ortho intramolecular Hbond substituents is 1. The normalized spacial score (nSPS) is 19.6. The van der Waals surface area contributed by atoms with E-state index in [2.05, 4.69) is 23.5 Å². The number of phenols is 1. The highest BCUT2D eigenvalue weighted by atomic mass is 16.3. The predicted molar refractivity (Wildman–Crippen MR) is 144 cm³/mol. The van der Waals surface area contributed by atoms with Crippen molar-refractivity contribution in [2.24, 2.45) is 0 Å². The van der Waals surface area contributed by atoms with Crippen molar-refractivity contribution in [1.82, 2.24) is 25.1 Å². The van der Waals surface area contributed by atoms with Crippen LogP contribution in [0.4, 0.5) is 4.79 Å². The lowest BCUT2D eigenvalue weighted by Crippen LogP contribution is -2.66. The molecule has 2 fully saturated rings. The lowest BCUT2D eigenvalue weighted by atomic mass is 9.99. The molecule has 2 aliphatic rings. The van der Waals surface area contributed by atoms with Crippen molar-refractivity contribution in [3.8, 4) is 5.75 Å². The Hall–Kier alpha value is -4.11. The lowest BCUT2D eigenvalue weighted by Gasteiger charge is -2.46. The standard InChI is InChI=1S/C29H33N5O4/c1-3-15-32(29(38)30-2)33-19-27(36)34-25(16-20-11-13-23(35)14-12-20)28(37)31(18-26(33)34)17-22-9-6-8-21-7-4-5-10-24(21)22/h4-14,25-26,35H,3,15-19H2,1-2H3,(H,30,38)/t25-,26+/m0/s1. The van der Waals surface area contributed by atoms with Gasteiger partial charge in [0.15, 0.2) is 0 Å². The molecule has 198 valence electrons. The van der Waals surface area contributed by atoms with Gasteiger partial charge in [-0.15, -0.1) is 0 Å². The van der Waals surface area contributed by atoms with Gasteiger partial charge in [-0.05, 0) is 40.5 Å². The van der Waals surface area contributed by atoms with Crippen molar-refractivity contribution in [1.29, 1.82) is 0 Å². The largest absolute Gasteiger partial charge is 0.508 e. The summed E-state index contributed by atoms with van der Waals surface area (Å²) in [5.74, 6) is -0.162. The Morgan fingerprint density at radius 1 is 1.05 bits per heavy atom. The number of rotatable bonds is 7. The van der Waals surface area contributed by atoms with Gasteiger partial charge in [-0.25, -0.2) is 4.79 Å². The maximum atomic E-state index is 14.0. The molecule has 0 saturated carbocycles. The summed E-state index contributed by atoms with van der Waals surface area (Å²) in [4.78, 5) is 43.6. The van der Waals surface area contributed by atoms with Gasteiger partial charge in [-0.1, -0.05) is 61.5 Å². The van der Waals surface area contributed by atoms with E-state index in [1.54, 1.807) is 46.2 Å². The van der Waals surface area contributed by atoms with Crippen molar-refractivity contribution >= 4 is 28.6 Å². The number of carbonyl (C=O) groups excluding carboxylic acids is 3. The Bertz CT molecular complexity index is 1340. The van der Waals surface area contributed by atoms with Crippen LogP contribution in [0.2, 0.25) is 0 Å². The van der Waals surface area contributed by atoms with Crippen LogP contribution in [0, 0.1) is 0 Å². The minimum atomic E-state index is -0.723. The van der Waals surface area contributed by atoms with Crippen LogP contribution in [0.15, 0.2) is 66.7 Å². The van der Waals surface area contributed by atoms with Gasteiger partial charge in [0.25, 0.3) is 0 Å². The van der Waals surface area contributed by atoms with Crippen LogP contribution in [-0.2, 0) is 22.6 Å². The summed E-state index contributed by atoms with van der Waals surface area (Å²) in [6.07, 6.45) is 0.566. The van der Waals surface area contributed by atoms with Gasteiger partial charge in [0.05, 0.1) is 13.1 Å². The maximum Gasteiger partial charge on any atom is 0.331 e. The van der Waals surface area contributed by atoms with Crippen LogP contribution >= 0.6 is 0 Å². The van der Waals surface area contributed by atoms with E-state index in [-0.39, 0.29) is 36.7 Å². The fraction of sp³-hybridized carbons (Fsp3) is 0.345. The Morgan fingerprint density at radius 3 is 2.53 bits per heavy atom. The van der Waals surface area contributed by atoms with Crippen LogP contribution < -0.4 is 5.32 Å². The molecule has 0 bridgehead atoms. The molecule has 2 aliphatic heterocycles. The van der Waals surface area contributed by atoms with Gasteiger partial charge in [-0.2, -0.15) is 5.01 Å². The van der Waals surface area contributed by atoms with E-state index in [1.807, 2.05) is 36.1 Å². The molecule has 9 nitrogen and oxygen atoms in total. The maximum absolute atomic E-state index is 14.0. The third-order valence-electron chi connectivity index (χ3n) is 7.37. The molecule has 9 heteroatoms. The average Bonchev–Trinajstić information content (AvgIpc) is 3.25. The second-order valence-corrected chi connectivity index (χ2v) is 9.80. The molecule has 0 aromatic heterocycles. The molecule has 2 atom stereocenters. The summed E-state index contributed by atoms with van der Waals surface area (Å²) in [5.41, 5.74) is 1.87. The number of aromatic hydroxyl groups is 1. The first-order valence-electron chi connectivity index (χ1n) is 13.0. The number of hydrazine groups is 1. The van der Waals surface area contributed by atoms with E-state index < -0.39 is 12.2 Å². The molecular formula is C29H33N5O4. The first-order valence-corrected chi connectivity index (χ1v) is 13.0. The summed E-state index contributed by atoms with van der Waals surface area (Å²) in [7, 11) is 1.57. The van der Waals surface area contributed by atoms with Crippen molar-refractivity contribution < 1.29 is 19.5 Å². The number of amides is 4. The number of fused-ring (bicyclic) bond motifs is 2. The summed E-state index contributed by atoms with van der Waals surface area (Å²) < 4.78 is 0. The molecule has 3 aromatic carbocycles. The molecule has 5 rings (SSSR count). The second-order valence-electron chi connectivity index (χ2n) is 9.80. The summed E-state index contributed by atoms with van der Waals surface area (Å²) in [6, 6.07) is 19.9. The molecule has 2 N–H and O–H groups in total.